The van der Waals surface area contributed by atoms with Crippen molar-refractivity contribution in [3.05, 3.63) is 47.3 Å². The number of halogens is 1. The van der Waals surface area contributed by atoms with E-state index < -0.39 is 5.82 Å². The van der Waals surface area contributed by atoms with Gasteiger partial charge in [-0.3, -0.25) is 9.89 Å². The third-order valence-corrected chi connectivity index (χ3v) is 4.07. The molecule has 0 spiro atoms. The largest absolute Gasteiger partial charge is 0.345 e. The summed E-state index contributed by atoms with van der Waals surface area (Å²) in [6.07, 6.45) is 4.83. The minimum absolute atomic E-state index is 0.0616. The molecule has 1 aromatic carbocycles. The molecule has 0 aliphatic carbocycles. The highest BCUT2D eigenvalue weighted by Crippen LogP contribution is 2.22. The number of amides is 1. The minimum atomic E-state index is -0.569. The van der Waals surface area contributed by atoms with Crippen molar-refractivity contribution in [1.82, 2.24) is 25.1 Å². The van der Waals surface area contributed by atoms with Gasteiger partial charge >= 0.3 is 0 Å². The van der Waals surface area contributed by atoms with Gasteiger partial charge in [0.05, 0.1) is 23.6 Å². The van der Waals surface area contributed by atoms with Gasteiger partial charge in [-0.05, 0) is 25.0 Å². The van der Waals surface area contributed by atoms with Gasteiger partial charge in [-0.25, -0.2) is 9.37 Å². The fourth-order valence-corrected chi connectivity index (χ4v) is 2.90. The quantitative estimate of drug-likeness (QED) is 0.721. The predicted molar refractivity (Wildman–Crippen MR) is 77.7 cm³/mol. The van der Waals surface area contributed by atoms with Crippen LogP contribution in [0.15, 0.2) is 24.7 Å². The van der Waals surface area contributed by atoms with Gasteiger partial charge in [-0.15, -0.1) is 0 Å². The summed E-state index contributed by atoms with van der Waals surface area (Å²) in [6, 6.07) is 3.19. The molecule has 0 unspecified atom stereocenters. The molecule has 0 saturated heterocycles. The number of imidazole rings is 1. The lowest BCUT2D eigenvalue weighted by atomic mass is 10.1. The summed E-state index contributed by atoms with van der Waals surface area (Å²) in [5.74, 6) is -0.878. The summed E-state index contributed by atoms with van der Waals surface area (Å²) in [5.41, 5.74) is 2.89. The number of aromatic amines is 2. The topological polar surface area (TPSA) is 77.7 Å². The lowest BCUT2D eigenvalue weighted by molar-refractivity contribution is 0.0741. The Balaban J connectivity index is 1.69. The maximum Gasteiger partial charge on any atom is 0.257 e. The van der Waals surface area contributed by atoms with Gasteiger partial charge in [0.2, 0.25) is 0 Å². The van der Waals surface area contributed by atoms with Crippen LogP contribution in [0.5, 0.6) is 0 Å². The molecular weight excluding hydrogens is 285 g/mol. The lowest BCUT2D eigenvalue weighted by Gasteiger charge is -2.20. The molecule has 0 atom stereocenters. The van der Waals surface area contributed by atoms with Gasteiger partial charge in [0.25, 0.3) is 5.91 Å². The number of aromatic nitrogens is 4. The van der Waals surface area contributed by atoms with Crippen LogP contribution < -0.4 is 0 Å². The van der Waals surface area contributed by atoms with Gasteiger partial charge in [0.15, 0.2) is 5.82 Å². The number of fused-ring (bicyclic) bond motifs is 2. The highest BCUT2D eigenvalue weighted by Gasteiger charge is 2.24. The summed E-state index contributed by atoms with van der Waals surface area (Å²) in [6.45, 7) is 1.04. The van der Waals surface area contributed by atoms with Gasteiger partial charge in [-0.2, -0.15) is 5.10 Å². The Morgan fingerprint density at radius 2 is 2.27 bits per heavy atom. The zero-order valence-electron chi connectivity index (χ0n) is 11.8. The van der Waals surface area contributed by atoms with E-state index in [9.17, 15) is 9.18 Å². The molecular formula is C15H14FN5O. The first-order valence-corrected chi connectivity index (χ1v) is 7.16. The SMILES string of the molecule is O=C(c1ccc2[nH]cnc2c1F)N1CCCc2[nH]ncc2C1. The molecule has 2 aromatic heterocycles. The van der Waals surface area contributed by atoms with Crippen molar-refractivity contribution in [1.29, 1.82) is 0 Å². The number of benzene rings is 1. The van der Waals surface area contributed by atoms with E-state index in [0.717, 1.165) is 24.1 Å². The molecule has 4 rings (SSSR count). The van der Waals surface area contributed by atoms with Crippen LogP contribution in [-0.4, -0.2) is 37.5 Å². The van der Waals surface area contributed by atoms with Crippen molar-refractivity contribution in [2.45, 2.75) is 19.4 Å². The van der Waals surface area contributed by atoms with Crippen LogP contribution in [-0.2, 0) is 13.0 Å². The number of nitrogens with zero attached hydrogens (tertiary/aromatic N) is 3. The van der Waals surface area contributed by atoms with Gasteiger partial charge in [0, 0.05) is 24.3 Å². The molecule has 112 valence electrons. The van der Waals surface area contributed by atoms with Crippen LogP contribution >= 0.6 is 0 Å². The predicted octanol–water partition coefficient (Wildman–Crippen LogP) is 2.01. The van der Waals surface area contributed by atoms with Gasteiger partial charge in [0.1, 0.15) is 5.52 Å². The zero-order chi connectivity index (χ0) is 15.1. The van der Waals surface area contributed by atoms with E-state index in [1.54, 1.807) is 17.2 Å². The number of nitrogens with one attached hydrogen (secondary N) is 2. The van der Waals surface area contributed by atoms with Crippen molar-refractivity contribution in [2.24, 2.45) is 0 Å². The van der Waals surface area contributed by atoms with Crippen LogP contribution in [0.3, 0.4) is 0 Å². The van der Waals surface area contributed by atoms with Gasteiger partial charge in [-0.1, -0.05) is 0 Å². The molecule has 0 saturated carbocycles. The normalized spacial score (nSPS) is 14.9. The summed E-state index contributed by atoms with van der Waals surface area (Å²) in [7, 11) is 0. The number of carbonyl (C=O) groups excluding carboxylic acids is 1. The second-order valence-corrected chi connectivity index (χ2v) is 5.43. The first kappa shape index (κ1) is 13.0. The van der Waals surface area contributed by atoms with E-state index in [4.69, 9.17) is 0 Å². The number of aryl methyl sites for hydroxylation is 1. The van der Waals surface area contributed by atoms with Crippen molar-refractivity contribution >= 4 is 16.9 Å². The molecule has 1 aliphatic rings. The van der Waals surface area contributed by atoms with E-state index in [-0.39, 0.29) is 17.0 Å². The molecule has 0 bridgehead atoms. The molecule has 1 amide bonds. The van der Waals surface area contributed by atoms with Crippen molar-refractivity contribution in [2.75, 3.05) is 6.54 Å². The standard InChI is InChI=1S/C15H14FN5O/c16-13-10(3-4-12-14(13)18-8-17-12)15(22)21-5-1-2-11-9(7-21)6-19-20-11/h3-4,6,8H,1-2,5,7H2,(H,17,18)(H,19,20). The zero-order valence-corrected chi connectivity index (χ0v) is 11.8. The lowest BCUT2D eigenvalue weighted by Crippen LogP contribution is -2.31. The molecule has 7 heteroatoms. The number of hydrogen-bond acceptors (Lipinski definition) is 3. The van der Waals surface area contributed by atoms with Crippen LogP contribution in [0.25, 0.3) is 11.0 Å². The fourth-order valence-electron chi connectivity index (χ4n) is 2.90. The highest BCUT2D eigenvalue weighted by molar-refractivity contribution is 5.97. The van der Waals surface area contributed by atoms with Crippen LogP contribution in [0.2, 0.25) is 0 Å². The average molecular weight is 299 g/mol. The van der Waals surface area contributed by atoms with E-state index in [2.05, 4.69) is 20.2 Å². The Kier molecular flexibility index (Phi) is 2.92. The first-order chi connectivity index (χ1) is 10.7. The monoisotopic (exact) mass is 299 g/mol. The van der Waals surface area contributed by atoms with Crippen LogP contribution in [0.1, 0.15) is 28.0 Å². The molecule has 22 heavy (non-hydrogen) atoms. The number of rotatable bonds is 1. The molecule has 2 N–H and O–H groups in total. The minimum Gasteiger partial charge on any atom is -0.345 e. The second kappa shape index (κ2) is 4.94. The Morgan fingerprint density at radius 1 is 1.36 bits per heavy atom. The molecule has 3 heterocycles. The van der Waals surface area contributed by atoms with Crippen molar-refractivity contribution < 1.29 is 9.18 Å². The van der Waals surface area contributed by atoms with E-state index in [1.165, 1.54) is 12.4 Å². The molecule has 6 nitrogen and oxygen atoms in total. The average Bonchev–Trinajstić information content (AvgIpc) is 3.12. The Morgan fingerprint density at radius 3 is 3.18 bits per heavy atom. The number of carbonyl (C=O) groups is 1. The Hall–Kier alpha value is -2.70. The van der Waals surface area contributed by atoms with Crippen molar-refractivity contribution in [3.8, 4) is 0 Å². The van der Waals surface area contributed by atoms with Crippen molar-refractivity contribution in [3.63, 3.8) is 0 Å². The smallest absolute Gasteiger partial charge is 0.257 e. The maximum absolute atomic E-state index is 14.5. The van der Waals surface area contributed by atoms with E-state index >= 15 is 0 Å². The third-order valence-electron chi connectivity index (χ3n) is 4.07. The molecule has 0 radical (unpaired) electrons. The summed E-state index contributed by atoms with van der Waals surface area (Å²) in [5, 5.41) is 6.97. The van der Waals surface area contributed by atoms with Crippen LogP contribution in [0.4, 0.5) is 4.39 Å². The summed E-state index contributed by atoms with van der Waals surface area (Å²) < 4.78 is 14.5. The summed E-state index contributed by atoms with van der Waals surface area (Å²) >= 11 is 0. The second-order valence-electron chi connectivity index (χ2n) is 5.43. The fraction of sp³-hybridized carbons (Fsp3) is 0.267. The number of H-pyrrole nitrogens is 2. The number of hydrogen-bond donors (Lipinski definition) is 2. The van der Waals surface area contributed by atoms with Gasteiger partial charge < -0.3 is 9.88 Å². The van der Waals surface area contributed by atoms with E-state index in [1.807, 2.05) is 0 Å². The molecule has 0 fully saturated rings. The van der Waals surface area contributed by atoms with E-state index in [0.29, 0.717) is 18.6 Å². The summed E-state index contributed by atoms with van der Waals surface area (Å²) in [4.78, 5) is 21.1. The maximum atomic E-state index is 14.5. The Bertz CT molecular complexity index is 853. The Labute approximate surface area is 125 Å². The highest BCUT2D eigenvalue weighted by atomic mass is 19.1. The third kappa shape index (κ3) is 1.97. The molecule has 3 aromatic rings. The first-order valence-electron chi connectivity index (χ1n) is 7.16. The van der Waals surface area contributed by atoms with Crippen LogP contribution in [0, 0.1) is 5.82 Å². The molecule has 1 aliphatic heterocycles.